The molecule has 6 aromatic rings. The maximum Gasteiger partial charge on any atom is 0.245 e. The van der Waals surface area contributed by atoms with Crippen LogP contribution in [0.4, 0.5) is 0 Å². The maximum atomic E-state index is 15.0. The number of aliphatic hydroxyl groups excluding tert-OH is 1. The van der Waals surface area contributed by atoms with Gasteiger partial charge in [0.1, 0.15) is 48.0 Å². The van der Waals surface area contributed by atoms with E-state index in [0.29, 0.717) is 41.6 Å². The first-order valence-electron chi connectivity index (χ1n) is 28.4. The number of hydrogen-bond donors (Lipinski definition) is 13. The first kappa shape index (κ1) is 62.4. The second-order valence-corrected chi connectivity index (χ2v) is 21.4. The summed E-state index contributed by atoms with van der Waals surface area (Å²) in [6, 6.07) is 20.6. The van der Waals surface area contributed by atoms with Crippen molar-refractivity contribution < 1.29 is 48.6 Å². The summed E-state index contributed by atoms with van der Waals surface area (Å²) in [4.78, 5) is 126. The largest absolute Gasteiger partial charge is 0.508 e. The van der Waals surface area contributed by atoms with Gasteiger partial charge in [0.15, 0.2) is 5.96 Å². The number of amides is 8. The summed E-state index contributed by atoms with van der Waals surface area (Å²) >= 11 is 0. The number of carbonyl (C=O) groups excluding carboxylic acids is 8. The van der Waals surface area contributed by atoms with Gasteiger partial charge in [-0.15, -0.1) is 0 Å². The summed E-state index contributed by atoms with van der Waals surface area (Å²) in [5.74, 6) is -5.80. The Kier molecular flexibility index (Phi) is 22.4. The van der Waals surface area contributed by atoms with Crippen molar-refractivity contribution >= 4 is 75.0 Å². The third-order valence-electron chi connectivity index (χ3n) is 14.6. The van der Waals surface area contributed by atoms with Crippen LogP contribution in [0.15, 0.2) is 121 Å². The Balaban J connectivity index is 1.14. The molecule has 0 saturated carbocycles. The summed E-state index contributed by atoms with van der Waals surface area (Å²) < 4.78 is 0. The number of aliphatic imine (C=N–C) groups is 1. The quantitative estimate of drug-likeness (QED) is 0.0182. The number of likely N-dealkylation sites (tertiary alicyclic amines) is 1. The van der Waals surface area contributed by atoms with E-state index in [1.54, 1.807) is 43.6 Å². The molecule has 0 aliphatic carbocycles. The number of rotatable bonds is 29. The molecular formula is C61H77N13O10. The number of likely N-dealkylation sites (N-methyl/N-ethyl adjacent to an activating group) is 1. The molecule has 0 bridgehead atoms. The van der Waals surface area contributed by atoms with Gasteiger partial charge in [-0.25, -0.2) is 0 Å². The van der Waals surface area contributed by atoms with E-state index in [4.69, 9.17) is 11.5 Å². The van der Waals surface area contributed by atoms with Crippen LogP contribution in [-0.4, -0.2) is 147 Å². The highest BCUT2D eigenvalue weighted by molar-refractivity contribution is 5.99. The van der Waals surface area contributed by atoms with Crippen LogP contribution < -0.4 is 48.7 Å². The monoisotopic (exact) mass is 1150 g/mol. The summed E-state index contributed by atoms with van der Waals surface area (Å²) in [5.41, 5.74) is 15.2. The van der Waals surface area contributed by atoms with Crippen molar-refractivity contribution in [1.82, 2.24) is 52.1 Å². The molecule has 15 N–H and O–H groups in total. The van der Waals surface area contributed by atoms with E-state index in [1.165, 1.54) is 29.2 Å². The van der Waals surface area contributed by atoms with E-state index in [1.807, 2.05) is 68.4 Å². The molecule has 8 amide bonds. The molecule has 7 rings (SSSR count). The molecule has 446 valence electrons. The number of guanidine groups is 1. The van der Waals surface area contributed by atoms with Crippen molar-refractivity contribution in [2.75, 3.05) is 26.2 Å². The number of nitrogens with two attached hydrogens (primary N) is 2. The predicted molar refractivity (Wildman–Crippen MR) is 317 cm³/mol. The molecule has 4 aromatic carbocycles. The van der Waals surface area contributed by atoms with Gasteiger partial charge in [-0.3, -0.25) is 43.3 Å². The maximum absolute atomic E-state index is 15.0. The van der Waals surface area contributed by atoms with Crippen LogP contribution in [0.1, 0.15) is 75.1 Å². The minimum Gasteiger partial charge on any atom is -0.508 e. The van der Waals surface area contributed by atoms with Crippen LogP contribution in [0.5, 0.6) is 5.75 Å². The van der Waals surface area contributed by atoms with Gasteiger partial charge in [0, 0.05) is 73.1 Å². The molecule has 2 aromatic heterocycles. The fraction of sp³-hybridized carbons (Fsp3) is 0.393. The zero-order chi connectivity index (χ0) is 60.3. The molecule has 7 atom stereocenters. The van der Waals surface area contributed by atoms with Gasteiger partial charge in [-0.05, 0) is 91.5 Å². The van der Waals surface area contributed by atoms with Crippen molar-refractivity contribution in [3.8, 4) is 5.75 Å². The molecule has 3 heterocycles. The average molecular weight is 1150 g/mol. The average Bonchev–Trinajstić information content (AvgIpc) is 4.33. The number of nitrogens with one attached hydrogen (secondary N) is 9. The molecular weight excluding hydrogens is 1070 g/mol. The number of nitrogens with zero attached hydrogens (tertiary/aromatic N) is 2. The molecule has 0 unspecified atom stereocenters. The molecule has 0 radical (unpaired) electrons. The van der Waals surface area contributed by atoms with Gasteiger partial charge < -0.3 is 73.8 Å². The Morgan fingerprint density at radius 3 is 1.71 bits per heavy atom. The highest BCUT2D eigenvalue weighted by Gasteiger charge is 2.39. The Hall–Kier alpha value is -9.25. The van der Waals surface area contributed by atoms with Crippen molar-refractivity contribution in [2.24, 2.45) is 22.4 Å². The van der Waals surface area contributed by atoms with E-state index < -0.39 is 90.3 Å². The van der Waals surface area contributed by atoms with Crippen LogP contribution in [0, 0.1) is 5.92 Å². The smallest absolute Gasteiger partial charge is 0.245 e. The SMILES string of the molecule is CCNC(=O)[C@@H]1CCCN1C(=O)[C@H](CCCN=C(N)N)NC(=O)[C@H](CC(C)C)NC(=O)[C@@H](Cc1c[nH]c2ccccc12)NC(=O)[C@H](Cc1ccc(O)cc1)NC(=O)[C@H](CO)NC(=O)[C@H](Cc1c[nH]c2ccccc12)NC(=O)Cc1ccccc1. The first-order chi connectivity index (χ1) is 40.4. The Morgan fingerprint density at radius 2 is 1.14 bits per heavy atom. The van der Waals surface area contributed by atoms with E-state index >= 15 is 0 Å². The molecule has 1 aliphatic heterocycles. The van der Waals surface area contributed by atoms with E-state index in [9.17, 15) is 48.6 Å². The number of aromatic nitrogens is 2. The van der Waals surface area contributed by atoms with Gasteiger partial charge >= 0.3 is 0 Å². The number of aromatic amines is 2. The number of H-pyrrole nitrogens is 2. The molecule has 1 saturated heterocycles. The summed E-state index contributed by atoms with van der Waals surface area (Å²) in [7, 11) is 0. The highest BCUT2D eigenvalue weighted by Crippen LogP contribution is 2.23. The molecule has 84 heavy (non-hydrogen) atoms. The first-order valence-corrected chi connectivity index (χ1v) is 28.4. The standard InChI is InChI=1S/C61H77N13O10/c1-4-64-59(83)52-21-13-27-74(52)60(84)46(20-12-26-65-61(62)63)69-54(78)47(28-36(2)3)70-57(81)50(32-40-34-67-45-19-11-9-17-43(40)45)72-55(79)48(29-38-22-24-41(76)25-23-38)71-58(82)51(35-75)73-56(80)49(68-53(77)30-37-14-6-5-7-15-37)31-39-33-66-44-18-10-8-16-42(39)44/h5-11,14-19,22-25,33-34,36,46-52,66-67,75-76H,4,12-13,20-21,26-32,35H2,1-3H3,(H,64,83)(H,68,77)(H,69,78)(H,70,81)(H,71,82)(H,72,79)(H,73,80)(H4,62,63,65)/t46-,47-,48-,49-,50+,51-,52-/m0/s1. The van der Waals surface area contributed by atoms with Crippen LogP contribution in [0.2, 0.25) is 0 Å². The summed E-state index contributed by atoms with van der Waals surface area (Å²) in [6.45, 7) is 5.34. The van der Waals surface area contributed by atoms with Crippen molar-refractivity contribution in [3.05, 3.63) is 138 Å². The van der Waals surface area contributed by atoms with E-state index in [2.05, 4.69) is 52.2 Å². The number of phenols is 1. The van der Waals surface area contributed by atoms with Crippen molar-refractivity contribution in [2.45, 2.75) is 121 Å². The van der Waals surface area contributed by atoms with Gasteiger partial charge in [-0.2, -0.15) is 0 Å². The lowest BCUT2D eigenvalue weighted by Gasteiger charge is -2.30. The Bertz CT molecular complexity index is 3270. The van der Waals surface area contributed by atoms with Crippen LogP contribution >= 0.6 is 0 Å². The number of aromatic hydroxyl groups is 1. The van der Waals surface area contributed by atoms with Crippen LogP contribution in [0.25, 0.3) is 21.8 Å². The number of benzene rings is 4. The molecule has 1 aliphatic rings. The highest BCUT2D eigenvalue weighted by atomic mass is 16.3. The lowest BCUT2D eigenvalue weighted by Crippen LogP contribution is -2.61. The third-order valence-corrected chi connectivity index (χ3v) is 14.6. The van der Waals surface area contributed by atoms with E-state index in [0.717, 1.165) is 21.8 Å². The minimum atomic E-state index is -1.66. The normalized spacial score (nSPS) is 15.2. The van der Waals surface area contributed by atoms with Crippen LogP contribution in [0.3, 0.4) is 0 Å². The van der Waals surface area contributed by atoms with Gasteiger partial charge in [0.25, 0.3) is 0 Å². The van der Waals surface area contributed by atoms with Crippen LogP contribution in [-0.2, 0) is 64.0 Å². The third kappa shape index (κ3) is 17.4. The number of aliphatic hydroxyl groups is 1. The van der Waals surface area contributed by atoms with Gasteiger partial charge in [0.2, 0.25) is 47.3 Å². The molecule has 23 heteroatoms. The predicted octanol–water partition coefficient (Wildman–Crippen LogP) is 1.75. The summed E-state index contributed by atoms with van der Waals surface area (Å²) in [6.07, 6.45) is 4.51. The number of fused-ring (bicyclic) bond motifs is 2. The molecule has 23 nitrogen and oxygen atoms in total. The zero-order valence-corrected chi connectivity index (χ0v) is 47.5. The fourth-order valence-electron chi connectivity index (χ4n) is 10.4. The van der Waals surface area contributed by atoms with E-state index in [-0.39, 0.29) is 81.6 Å². The zero-order valence-electron chi connectivity index (χ0n) is 47.5. The Labute approximate surface area is 486 Å². The topological polar surface area (TPSA) is 360 Å². The lowest BCUT2D eigenvalue weighted by atomic mass is 9.99. The lowest BCUT2D eigenvalue weighted by molar-refractivity contribution is -0.142. The second-order valence-electron chi connectivity index (χ2n) is 21.4. The molecule has 1 fully saturated rings. The Morgan fingerprint density at radius 1 is 0.631 bits per heavy atom. The number of hydrogen-bond acceptors (Lipinski definition) is 11. The number of carbonyl (C=O) groups is 8. The molecule has 0 spiro atoms. The summed E-state index contributed by atoms with van der Waals surface area (Å²) in [5, 5.41) is 41.8. The van der Waals surface area contributed by atoms with Crippen molar-refractivity contribution in [3.63, 3.8) is 0 Å². The van der Waals surface area contributed by atoms with Gasteiger partial charge in [-0.1, -0.05) is 92.7 Å². The number of para-hydroxylation sites is 2. The second kappa shape index (κ2) is 30.2. The minimum absolute atomic E-state index is 0.000767. The van der Waals surface area contributed by atoms with Crippen molar-refractivity contribution in [1.29, 1.82) is 0 Å². The number of phenolic OH excluding ortho intramolecular Hbond substituents is 1. The fourth-order valence-corrected chi connectivity index (χ4v) is 10.4. The van der Waals surface area contributed by atoms with Gasteiger partial charge in [0.05, 0.1) is 13.0 Å².